The van der Waals surface area contributed by atoms with E-state index in [1.54, 1.807) is 14.2 Å². The third-order valence-corrected chi connectivity index (χ3v) is 2.14. The maximum Gasteiger partial charge on any atom is 0.104 e. The van der Waals surface area contributed by atoms with E-state index >= 15 is 0 Å². The summed E-state index contributed by atoms with van der Waals surface area (Å²) < 4.78 is 26.5. The summed E-state index contributed by atoms with van der Waals surface area (Å²) in [7, 11) is 3.31. The summed E-state index contributed by atoms with van der Waals surface area (Å²) in [5.41, 5.74) is 0. The molecule has 0 aromatic heterocycles. The fourth-order valence-electron chi connectivity index (χ4n) is 1.19. The highest BCUT2D eigenvalue weighted by atomic mass is 16.6. The Balaban J connectivity index is 3.69. The van der Waals surface area contributed by atoms with Crippen molar-refractivity contribution in [1.29, 1.82) is 0 Å². The monoisotopic (exact) mass is 264 g/mol. The van der Waals surface area contributed by atoms with Crippen LogP contribution in [-0.2, 0) is 23.7 Å². The molecule has 110 valence electrons. The Labute approximate surface area is 111 Å². The van der Waals surface area contributed by atoms with E-state index in [1.165, 1.54) is 0 Å². The van der Waals surface area contributed by atoms with Gasteiger partial charge in [-0.15, -0.1) is 0 Å². The molecule has 5 nitrogen and oxygen atoms in total. The molecule has 0 N–H and O–H groups in total. The van der Waals surface area contributed by atoms with Gasteiger partial charge in [-0.25, -0.2) is 0 Å². The molecule has 0 atom stereocenters. The van der Waals surface area contributed by atoms with Crippen molar-refractivity contribution >= 4 is 0 Å². The van der Waals surface area contributed by atoms with E-state index in [-0.39, 0.29) is 6.10 Å². The zero-order chi connectivity index (χ0) is 13.6. The molecule has 0 radical (unpaired) electrons. The average Bonchev–Trinajstić information content (AvgIpc) is 2.35. The lowest BCUT2D eigenvalue weighted by Crippen LogP contribution is -2.28. The summed E-state index contributed by atoms with van der Waals surface area (Å²) >= 11 is 0. The summed E-state index contributed by atoms with van der Waals surface area (Å²) in [6.45, 7) is 8.37. The van der Waals surface area contributed by atoms with Gasteiger partial charge in [0, 0.05) is 20.8 Å². The first-order valence-electron chi connectivity index (χ1n) is 6.45. The first-order chi connectivity index (χ1) is 8.70. The van der Waals surface area contributed by atoms with Crippen LogP contribution < -0.4 is 0 Å². The van der Waals surface area contributed by atoms with Crippen molar-refractivity contribution < 1.29 is 23.7 Å². The molecule has 18 heavy (non-hydrogen) atoms. The summed E-state index contributed by atoms with van der Waals surface area (Å²) in [6, 6.07) is 0. The Hall–Kier alpha value is -0.200. The molecule has 0 bridgehead atoms. The SMILES string of the molecule is COCCOCC(COCCOC)OCC(C)C. The van der Waals surface area contributed by atoms with Crippen molar-refractivity contribution in [2.75, 3.05) is 60.5 Å². The van der Waals surface area contributed by atoms with E-state index in [1.807, 2.05) is 0 Å². The molecule has 0 aromatic rings. The van der Waals surface area contributed by atoms with Crippen molar-refractivity contribution in [2.45, 2.75) is 20.0 Å². The van der Waals surface area contributed by atoms with Crippen LogP contribution in [0.4, 0.5) is 0 Å². The number of rotatable bonds is 13. The Morgan fingerprint density at radius 1 is 0.722 bits per heavy atom. The molecule has 0 rings (SSSR count). The molecule has 0 aliphatic carbocycles. The molecule has 0 fully saturated rings. The number of methoxy groups -OCH3 is 2. The topological polar surface area (TPSA) is 46.2 Å². The summed E-state index contributed by atoms with van der Waals surface area (Å²) in [5.74, 6) is 0.505. The lowest BCUT2D eigenvalue weighted by atomic mass is 10.2. The van der Waals surface area contributed by atoms with Crippen LogP contribution in [0, 0.1) is 5.92 Å². The molecule has 0 heterocycles. The fourth-order valence-corrected chi connectivity index (χ4v) is 1.19. The minimum atomic E-state index is -0.0267. The average molecular weight is 264 g/mol. The molecule has 0 unspecified atom stereocenters. The van der Waals surface area contributed by atoms with Crippen LogP contribution in [0.2, 0.25) is 0 Å². The maximum absolute atomic E-state index is 5.73. The van der Waals surface area contributed by atoms with Gasteiger partial charge < -0.3 is 23.7 Å². The van der Waals surface area contributed by atoms with Crippen LogP contribution in [0.5, 0.6) is 0 Å². The van der Waals surface area contributed by atoms with E-state index in [0.717, 1.165) is 0 Å². The fraction of sp³-hybridized carbons (Fsp3) is 1.00. The van der Waals surface area contributed by atoms with E-state index in [9.17, 15) is 0 Å². The minimum absolute atomic E-state index is 0.0267. The van der Waals surface area contributed by atoms with Crippen molar-refractivity contribution in [3.05, 3.63) is 0 Å². The van der Waals surface area contributed by atoms with Crippen LogP contribution in [-0.4, -0.2) is 66.6 Å². The zero-order valence-corrected chi connectivity index (χ0v) is 12.1. The van der Waals surface area contributed by atoms with Gasteiger partial charge in [0.1, 0.15) is 6.10 Å². The largest absolute Gasteiger partial charge is 0.382 e. The first-order valence-corrected chi connectivity index (χ1v) is 6.45. The predicted octanol–water partition coefficient (Wildman–Crippen LogP) is 1.35. The molecule has 0 saturated carbocycles. The quantitative estimate of drug-likeness (QED) is 0.470. The molecule has 5 heteroatoms. The van der Waals surface area contributed by atoms with Gasteiger partial charge >= 0.3 is 0 Å². The predicted molar refractivity (Wildman–Crippen MR) is 70.0 cm³/mol. The third-order valence-electron chi connectivity index (χ3n) is 2.14. The van der Waals surface area contributed by atoms with E-state index < -0.39 is 0 Å². The standard InChI is InChI=1S/C13H28O5/c1-12(2)9-18-13(10-16-7-5-14-3)11-17-8-6-15-4/h12-13H,5-11H2,1-4H3. The maximum atomic E-state index is 5.73. The zero-order valence-electron chi connectivity index (χ0n) is 12.1. The molecular weight excluding hydrogens is 236 g/mol. The Kier molecular flexibility index (Phi) is 13.1. The highest BCUT2D eigenvalue weighted by molar-refractivity contribution is 4.57. The summed E-state index contributed by atoms with van der Waals surface area (Å²) in [5, 5.41) is 0. The van der Waals surface area contributed by atoms with Crippen LogP contribution >= 0.6 is 0 Å². The summed E-state index contributed by atoms with van der Waals surface area (Å²) in [6.07, 6.45) is -0.0267. The van der Waals surface area contributed by atoms with E-state index in [0.29, 0.717) is 52.2 Å². The Morgan fingerprint density at radius 2 is 1.22 bits per heavy atom. The van der Waals surface area contributed by atoms with Crippen molar-refractivity contribution in [3.63, 3.8) is 0 Å². The van der Waals surface area contributed by atoms with Gasteiger partial charge in [-0.1, -0.05) is 13.8 Å². The smallest absolute Gasteiger partial charge is 0.104 e. The van der Waals surface area contributed by atoms with E-state index in [2.05, 4.69) is 13.8 Å². The molecule has 0 amide bonds. The molecule has 0 aliphatic rings. The highest BCUT2D eigenvalue weighted by Gasteiger charge is 2.10. The first kappa shape index (κ1) is 17.8. The van der Waals surface area contributed by atoms with Gasteiger partial charge in [-0.3, -0.25) is 0 Å². The number of hydrogen-bond acceptors (Lipinski definition) is 5. The molecular formula is C13H28O5. The normalized spacial score (nSPS) is 11.7. The lowest BCUT2D eigenvalue weighted by molar-refractivity contribution is -0.0755. The molecule has 0 aromatic carbocycles. The van der Waals surface area contributed by atoms with E-state index in [4.69, 9.17) is 23.7 Å². The molecule has 0 aliphatic heterocycles. The third kappa shape index (κ3) is 12.3. The molecule has 0 saturated heterocycles. The van der Waals surface area contributed by atoms with Gasteiger partial charge in [0.05, 0.1) is 39.6 Å². The highest BCUT2D eigenvalue weighted by Crippen LogP contribution is 2.00. The Morgan fingerprint density at radius 3 is 1.61 bits per heavy atom. The van der Waals surface area contributed by atoms with Gasteiger partial charge in [-0.05, 0) is 5.92 Å². The second kappa shape index (κ2) is 13.2. The van der Waals surface area contributed by atoms with Crippen LogP contribution in [0.15, 0.2) is 0 Å². The van der Waals surface area contributed by atoms with Gasteiger partial charge in [-0.2, -0.15) is 0 Å². The van der Waals surface area contributed by atoms with Crippen molar-refractivity contribution in [3.8, 4) is 0 Å². The number of ether oxygens (including phenoxy) is 5. The van der Waals surface area contributed by atoms with Crippen LogP contribution in [0.3, 0.4) is 0 Å². The summed E-state index contributed by atoms with van der Waals surface area (Å²) in [4.78, 5) is 0. The Bertz CT molecular complexity index is 151. The lowest BCUT2D eigenvalue weighted by Gasteiger charge is -2.19. The second-order valence-corrected chi connectivity index (χ2v) is 4.48. The van der Waals surface area contributed by atoms with Gasteiger partial charge in [0.2, 0.25) is 0 Å². The van der Waals surface area contributed by atoms with Crippen LogP contribution in [0.1, 0.15) is 13.8 Å². The van der Waals surface area contributed by atoms with Crippen LogP contribution in [0.25, 0.3) is 0 Å². The number of hydrogen-bond donors (Lipinski definition) is 0. The van der Waals surface area contributed by atoms with Crippen molar-refractivity contribution in [1.82, 2.24) is 0 Å². The van der Waals surface area contributed by atoms with Gasteiger partial charge in [0.15, 0.2) is 0 Å². The van der Waals surface area contributed by atoms with Crippen molar-refractivity contribution in [2.24, 2.45) is 5.92 Å². The van der Waals surface area contributed by atoms with Gasteiger partial charge in [0.25, 0.3) is 0 Å². The molecule has 0 spiro atoms. The minimum Gasteiger partial charge on any atom is -0.382 e. The second-order valence-electron chi connectivity index (χ2n) is 4.48.